The number of carbonyl (C=O) groups is 1. The van der Waals surface area contributed by atoms with Crippen LogP contribution in [0.1, 0.15) is 10.4 Å². The monoisotopic (exact) mass is 270 g/mol. The van der Waals surface area contributed by atoms with Crippen LogP contribution in [0.2, 0.25) is 0 Å². The average molecular weight is 270 g/mol. The van der Waals surface area contributed by atoms with Gasteiger partial charge in [0.25, 0.3) is 0 Å². The molecule has 0 unspecified atom stereocenters. The summed E-state index contributed by atoms with van der Waals surface area (Å²) in [6.45, 7) is 0. The van der Waals surface area contributed by atoms with Crippen LogP contribution < -0.4 is 5.43 Å². The summed E-state index contributed by atoms with van der Waals surface area (Å²) in [7, 11) is 1.34. The summed E-state index contributed by atoms with van der Waals surface area (Å²) in [4.78, 5) is 24.2. The summed E-state index contributed by atoms with van der Waals surface area (Å²) in [6, 6.07) is 12.5. The molecule has 1 heterocycles. The molecular formula is C15H10O3S. The van der Waals surface area contributed by atoms with Crippen LogP contribution in [0.3, 0.4) is 0 Å². The zero-order chi connectivity index (χ0) is 13.4. The van der Waals surface area contributed by atoms with Crippen molar-refractivity contribution in [1.82, 2.24) is 0 Å². The van der Waals surface area contributed by atoms with E-state index in [0.29, 0.717) is 21.0 Å². The average Bonchev–Trinajstić information content (AvgIpc) is 2.46. The minimum Gasteiger partial charge on any atom is -0.465 e. The lowest BCUT2D eigenvalue weighted by Gasteiger charge is -2.05. The van der Waals surface area contributed by atoms with Crippen molar-refractivity contribution in [3.05, 3.63) is 58.3 Å². The second kappa shape index (κ2) is 4.48. The highest BCUT2D eigenvalue weighted by atomic mass is 32.1. The molecule has 19 heavy (non-hydrogen) atoms. The van der Waals surface area contributed by atoms with Crippen LogP contribution in [-0.2, 0) is 4.74 Å². The summed E-state index contributed by atoms with van der Waals surface area (Å²) >= 11 is 1.43. The molecule has 3 nitrogen and oxygen atoms in total. The van der Waals surface area contributed by atoms with Gasteiger partial charge in [-0.25, -0.2) is 4.79 Å². The van der Waals surface area contributed by atoms with Gasteiger partial charge in [0.05, 0.1) is 17.4 Å². The second-order valence-corrected chi connectivity index (χ2v) is 5.15. The molecule has 1 aromatic heterocycles. The number of carbonyl (C=O) groups excluding carboxylic acids is 1. The van der Waals surface area contributed by atoms with Crippen LogP contribution in [0.25, 0.3) is 20.2 Å². The number of ether oxygens (including phenoxy) is 1. The normalized spacial score (nSPS) is 10.8. The van der Waals surface area contributed by atoms with Gasteiger partial charge in [0.15, 0.2) is 5.43 Å². The molecule has 94 valence electrons. The third-order valence-electron chi connectivity index (χ3n) is 3.01. The van der Waals surface area contributed by atoms with E-state index in [1.54, 1.807) is 24.3 Å². The molecular weight excluding hydrogens is 260 g/mol. The number of esters is 1. The Labute approximate surface area is 113 Å². The van der Waals surface area contributed by atoms with E-state index >= 15 is 0 Å². The molecule has 0 atom stereocenters. The molecule has 0 saturated heterocycles. The van der Waals surface area contributed by atoms with Crippen molar-refractivity contribution in [2.45, 2.75) is 0 Å². The molecule has 2 aromatic carbocycles. The Morgan fingerprint density at radius 2 is 1.79 bits per heavy atom. The van der Waals surface area contributed by atoms with Crippen molar-refractivity contribution in [1.29, 1.82) is 0 Å². The third kappa shape index (κ3) is 1.81. The molecule has 0 aliphatic heterocycles. The number of hydrogen-bond donors (Lipinski definition) is 0. The first-order valence-corrected chi connectivity index (χ1v) is 6.57. The van der Waals surface area contributed by atoms with Gasteiger partial charge >= 0.3 is 5.97 Å². The van der Waals surface area contributed by atoms with Gasteiger partial charge in [-0.05, 0) is 24.3 Å². The van der Waals surface area contributed by atoms with E-state index in [2.05, 4.69) is 0 Å². The fraction of sp³-hybridized carbons (Fsp3) is 0.0667. The Morgan fingerprint density at radius 1 is 1.05 bits per heavy atom. The fourth-order valence-electron chi connectivity index (χ4n) is 2.09. The third-order valence-corrected chi connectivity index (χ3v) is 4.23. The molecule has 0 radical (unpaired) electrons. The van der Waals surface area contributed by atoms with Crippen LogP contribution in [0.5, 0.6) is 0 Å². The van der Waals surface area contributed by atoms with E-state index in [9.17, 15) is 9.59 Å². The quantitative estimate of drug-likeness (QED) is 0.504. The second-order valence-electron chi connectivity index (χ2n) is 4.10. The highest BCUT2D eigenvalue weighted by molar-refractivity contribution is 7.24. The van der Waals surface area contributed by atoms with E-state index in [4.69, 9.17) is 4.74 Å². The molecule has 3 rings (SSSR count). The molecule has 0 aliphatic rings. The zero-order valence-corrected chi connectivity index (χ0v) is 11.0. The minimum absolute atomic E-state index is 0.0462. The van der Waals surface area contributed by atoms with Crippen molar-refractivity contribution in [2.75, 3.05) is 7.11 Å². The zero-order valence-electron chi connectivity index (χ0n) is 10.2. The molecule has 0 aliphatic carbocycles. The molecule has 0 fully saturated rings. The van der Waals surface area contributed by atoms with Gasteiger partial charge in [-0.3, -0.25) is 4.79 Å². The largest absolute Gasteiger partial charge is 0.465 e. The molecule has 0 spiro atoms. The van der Waals surface area contributed by atoms with E-state index in [-0.39, 0.29) is 5.43 Å². The van der Waals surface area contributed by atoms with Crippen LogP contribution >= 0.6 is 11.3 Å². The maximum Gasteiger partial charge on any atom is 0.339 e. The first kappa shape index (κ1) is 11.9. The number of fused-ring (bicyclic) bond motifs is 2. The van der Waals surface area contributed by atoms with Crippen molar-refractivity contribution < 1.29 is 9.53 Å². The first-order valence-electron chi connectivity index (χ1n) is 5.75. The predicted octanol–water partition coefficient (Wildman–Crippen LogP) is 3.20. The summed E-state index contributed by atoms with van der Waals surface area (Å²) in [5.74, 6) is -0.420. The van der Waals surface area contributed by atoms with Crippen LogP contribution in [0.4, 0.5) is 0 Å². The van der Waals surface area contributed by atoms with Gasteiger partial charge in [0.1, 0.15) is 0 Å². The van der Waals surface area contributed by atoms with Gasteiger partial charge in [-0.2, -0.15) is 0 Å². The number of benzene rings is 2. The SMILES string of the molecule is COC(=O)c1cccc2c(=O)c3ccccc3sc12. The van der Waals surface area contributed by atoms with Crippen molar-refractivity contribution >= 4 is 37.5 Å². The maximum atomic E-state index is 12.4. The first-order chi connectivity index (χ1) is 9.22. The smallest absolute Gasteiger partial charge is 0.339 e. The Hall–Kier alpha value is -2.20. The molecule has 0 amide bonds. The Bertz CT molecular complexity index is 849. The molecule has 4 heteroatoms. The summed E-state index contributed by atoms with van der Waals surface area (Å²) in [5.41, 5.74) is 0.392. The summed E-state index contributed by atoms with van der Waals surface area (Å²) in [5, 5.41) is 1.24. The fourth-order valence-corrected chi connectivity index (χ4v) is 3.26. The van der Waals surface area contributed by atoms with Gasteiger partial charge in [0.2, 0.25) is 0 Å². The summed E-state index contributed by atoms with van der Waals surface area (Å²) < 4.78 is 6.31. The topological polar surface area (TPSA) is 43.4 Å². The van der Waals surface area contributed by atoms with Gasteiger partial charge in [-0.15, -0.1) is 11.3 Å². The maximum absolute atomic E-state index is 12.4. The Balaban J connectivity index is 2.51. The van der Waals surface area contributed by atoms with E-state index in [1.165, 1.54) is 18.4 Å². The van der Waals surface area contributed by atoms with Crippen molar-refractivity contribution in [3.63, 3.8) is 0 Å². The van der Waals surface area contributed by atoms with Gasteiger partial charge in [0, 0.05) is 15.5 Å². The lowest BCUT2D eigenvalue weighted by molar-refractivity contribution is 0.0603. The molecule has 0 saturated carbocycles. The highest BCUT2D eigenvalue weighted by Crippen LogP contribution is 2.27. The molecule has 3 aromatic rings. The molecule has 0 N–H and O–H groups in total. The minimum atomic E-state index is -0.420. The lowest BCUT2D eigenvalue weighted by atomic mass is 10.1. The van der Waals surface area contributed by atoms with Crippen LogP contribution in [-0.4, -0.2) is 13.1 Å². The van der Waals surface area contributed by atoms with Gasteiger partial charge in [-0.1, -0.05) is 18.2 Å². The molecule has 0 bridgehead atoms. The number of hydrogen-bond acceptors (Lipinski definition) is 4. The van der Waals surface area contributed by atoms with E-state index in [0.717, 1.165) is 4.70 Å². The summed E-state index contributed by atoms with van der Waals surface area (Å²) in [6.07, 6.45) is 0. The predicted molar refractivity (Wildman–Crippen MR) is 76.9 cm³/mol. The lowest BCUT2D eigenvalue weighted by Crippen LogP contribution is -2.06. The highest BCUT2D eigenvalue weighted by Gasteiger charge is 2.14. The number of rotatable bonds is 1. The van der Waals surface area contributed by atoms with E-state index in [1.807, 2.05) is 18.2 Å². The Morgan fingerprint density at radius 3 is 2.58 bits per heavy atom. The van der Waals surface area contributed by atoms with Crippen LogP contribution in [0, 0.1) is 0 Å². The van der Waals surface area contributed by atoms with Crippen molar-refractivity contribution in [3.8, 4) is 0 Å². The van der Waals surface area contributed by atoms with Crippen molar-refractivity contribution in [2.24, 2.45) is 0 Å². The standard InChI is InChI=1S/C15H10O3S/c1-18-15(17)11-7-4-6-10-13(16)9-5-2-3-8-12(9)19-14(10)11/h2-8H,1H3. The number of methoxy groups -OCH3 is 1. The van der Waals surface area contributed by atoms with Crippen LogP contribution in [0.15, 0.2) is 47.3 Å². The van der Waals surface area contributed by atoms with Gasteiger partial charge < -0.3 is 4.74 Å². The Kier molecular flexibility index (Phi) is 2.80. The van der Waals surface area contributed by atoms with E-state index < -0.39 is 5.97 Å².